The first kappa shape index (κ1) is 16.5. The molecule has 0 saturated heterocycles. The van der Waals surface area contributed by atoms with E-state index in [0.29, 0.717) is 19.0 Å². The van der Waals surface area contributed by atoms with Crippen LogP contribution in [0.1, 0.15) is 18.5 Å². The molecule has 0 bridgehead atoms. The Kier molecular flexibility index (Phi) is 7.05. The number of aromatic nitrogens is 3. The van der Waals surface area contributed by atoms with Gasteiger partial charge in [-0.2, -0.15) is 5.10 Å². The molecule has 0 unspecified atom stereocenters. The molecule has 0 aliphatic rings. The fourth-order valence-electron chi connectivity index (χ4n) is 1.66. The minimum Gasteiger partial charge on any atom is -0.467 e. The van der Waals surface area contributed by atoms with Crippen LogP contribution in [0.4, 0.5) is 0 Å². The number of furan rings is 1. The van der Waals surface area contributed by atoms with Crippen LogP contribution in [0.2, 0.25) is 0 Å². The van der Waals surface area contributed by atoms with Gasteiger partial charge in [-0.15, -0.1) is 24.0 Å². The van der Waals surface area contributed by atoms with E-state index in [0.717, 1.165) is 18.1 Å². The van der Waals surface area contributed by atoms with E-state index in [1.807, 2.05) is 23.7 Å². The Morgan fingerprint density at radius 3 is 2.85 bits per heavy atom. The Morgan fingerprint density at radius 2 is 2.20 bits per heavy atom. The largest absolute Gasteiger partial charge is 0.467 e. The van der Waals surface area contributed by atoms with Gasteiger partial charge in [-0.05, 0) is 19.1 Å². The molecule has 2 rings (SSSR count). The number of guanidine groups is 1. The number of nitrogens with one attached hydrogen (secondary N) is 2. The standard InChI is InChI=1S/C12H18N6O.HI/c1-3-18-11(16-9-17-18)8-15-12(13-2)14-7-10-5-4-6-19-10;/h4-6,9H,3,7-8H2,1-2H3,(H2,13,14,15);1H. The van der Waals surface area contributed by atoms with E-state index < -0.39 is 0 Å². The highest BCUT2D eigenvalue weighted by atomic mass is 127. The van der Waals surface area contributed by atoms with Crippen LogP contribution in [-0.4, -0.2) is 27.8 Å². The minimum absolute atomic E-state index is 0. The highest BCUT2D eigenvalue weighted by molar-refractivity contribution is 14.0. The Labute approximate surface area is 134 Å². The van der Waals surface area contributed by atoms with Crippen LogP contribution in [0.25, 0.3) is 0 Å². The maximum absolute atomic E-state index is 5.24. The fraction of sp³-hybridized carbons (Fsp3) is 0.417. The second-order valence-electron chi connectivity index (χ2n) is 3.85. The third kappa shape index (κ3) is 4.51. The Bertz CT molecular complexity index is 522. The first-order chi connectivity index (χ1) is 9.33. The Balaban J connectivity index is 0.00000200. The second kappa shape index (κ2) is 8.56. The van der Waals surface area contributed by atoms with Crippen LogP contribution in [0, 0.1) is 0 Å². The first-order valence-corrected chi connectivity index (χ1v) is 6.17. The van der Waals surface area contributed by atoms with Gasteiger partial charge in [0, 0.05) is 13.6 Å². The van der Waals surface area contributed by atoms with Crippen LogP contribution < -0.4 is 10.6 Å². The van der Waals surface area contributed by atoms with Gasteiger partial charge in [-0.25, -0.2) is 9.67 Å². The molecule has 0 atom stereocenters. The van der Waals surface area contributed by atoms with Gasteiger partial charge in [-0.3, -0.25) is 4.99 Å². The summed E-state index contributed by atoms with van der Waals surface area (Å²) < 4.78 is 7.08. The van der Waals surface area contributed by atoms with Crippen molar-refractivity contribution in [2.24, 2.45) is 4.99 Å². The summed E-state index contributed by atoms with van der Waals surface area (Å²) >= 11 is 0. The molecule has 0 saturated carbocycles. The number of aliphatic imine (C=N–C) groups is 1. The molecule has 20 heavy (non-hydrogen) atoms. The van der Waals surface area contributed by atoms with Gasteiger partial charge in [-0.1, -0.05) is 0 Å². The van der Waals surface area contributed by atoms with Crippen molar-refractivity contribution in [1.29, 1.82) is 0 Å². The van der Waals surface area contributed by atoms with Crippen LogP contribution in [-0.2, 0) is 19.6 Å². The lowest BCUT2D eigenvalue weighted by molar-refractivity contribution is 0.501. The van der Waals surface area contributed by atoms with Gasteiger partial charge in [0.15, 0.2) is 5.96 Å². The van der Waals surface area contributed by atoms with Crippen LogP contribution >= 0.6 is 24.0 Å². The average Bonchev–Trinajstić information content (AvgIpc) is 3.09. The molecular formula is C12H19IN6O. The molecule has 0 aliphatic heterocycles. The van der Waals surface area contributed by atoms with Crippen LogP contribution in [0.15, 0.2) is 34.1 Å². The first-order valence-electron chi connectivity index (χ1n) is 6.17. The number of nitrogens with zero attached hydrogens (tertiary/aromatic N) is 4. The number of hydrogen-bond donors (Lipinski definition) is 2. The molecule has 7 nitrogen and oxygen atoms in total. The number of rotatable bonds is 5. The summed E-state index contributed by atoms with van der Waals surface area (Å²) in [7, 11) is 1.72. The van der Waals surface area contributed by atoms with E-state index in [9.17, 15) is 0 Å². The molecule has 2 N–H and O–H groups in total. The molecule has 110 valence electrons. The van der Waals surface area contributed by atoms with E-state index >= 15 is 0 Å². The van der Waals surface area contributed by atoms with Gasteiger partial charge in [0.2, 0.25) is 0 Å². The molecule has 0 aliphatic carbocycles. The number of halogens is 1. The van der Waals surface area contributed by atoms with Crippen molar-refractivity contribution in [2.75, 3.05) is 7.05 Å². The van der Waals surface area contributed by atoms with Crippen molar-refractivity contribution in [3.63, 3.8) is 0 Å². The highest BCUT2D eigenvalue weighted by Crippen LogP contribution is 1.98. The second-order valence-corrected chi connectivity index (χ2v) is 3.85. The smallest absolute Gasteiger partial charge is 0.191 e. The average molecular weight is 390 g/mol. The molecule has 8 heteroatoms. The van der Waals surface area contributed by atoms with Gasteiger partial charge in [0.05, 0.1) is 19.4 Å². The summed E-state index contributed by atoms with van der Waals surface area (Å²) in [5.41, 5.74) is 0. The molecule has 0 aromatic carbocycles. The number of aryl methyl sites for hydroxylation is 1. The van der Waals surface area contributed by atoms with Crippen LogP contribution in [0.3, 0.4) is 0 Å². The van der Waals surface area contributed by atoms with Crippen molar-refractivity contribution >= 4 is 29.9 Å². The van der Waals surface area contributed by atoms with Gasteiger partial charge >= 0.3 is 0 Å². The molecular weight excluding hydrogens is 371 g/mol. The van der Waals surface area contributed by atoms with Crippen molar-refractivity contribution in [1.82, 2.24) is 25.4 Å². The maximum Gasteiger partial charge on any atom is 0.191 e. The lowest BCUT2D eigenvalue weighted by Crippen LogP contribution is -2.36. The molecule has 0 spiro atoms. The molecule has 0 radical (unpaired) electrons. The zero-order chi connectivity index (χ0) is 13.5. The fourth-order valence-corrected chi connectivity index (χ4v) is 1.66. The molecule has 2 aromatic heterocycles. The zero-order valence-corrected chi connectivity index (χ0v) is 13.9. The molecule has 0 amide bonds. The quantitative estimate of drug-likeness (QED) is 0.458. The van der Waals surface area contributed by atoms with E-state index in [-0.39, 0.29) is 24.0 Å². The summed E-state index contributed by atoms with van der Waals surface area (Å²) in [6, 6.07) is 3.77. The highest BCUT2D eigenvalue weighted by Gasteiger charge is 2.04. The van der Waals surface area contributed by atoms with Crippen molar-refractivity contribution in [3.05, 3.63) is 36.3 Å². The molecule has 2 aromatic rings. The van der Waals surface area contributed by atoms with Crippen molar-refractivity contribution in [2.45, 2.75) is 26.6 Å². The van der Waals surface area contributed by atoms with Crippen LogP contribution in [0.5, 0.6) is 0 Å². The summed E-state index contributed by atoms with van der Waals surface area (Å²) in [6.07, 6.45) is 3.20. The normalized spacial score (nSPS) is 11.0. The minimum atomic E-state index is 0. The van der Waals surface area contributed by atoms with E-state index in [2.05, 4.69) is 25.7 Å². The summed E-state index contributed by atoms with van der Waals surface area (Å²) in [6.45, 7) is 4.00. The van der Waals surface area contributed by atoms with Crippen molar-refractivity contribution < 1.29 is 4.42 Å². The topological polar surface area (TPSA) is 80.3 Å². The monoisotopic (exact) mass is 390 g/mol. The third-order valence-corrected chi connectivity index (χ3v) is 2.64. The van der Waals surface area contributed by atoms with Gasteiger partial charge < -0.3 is 15.1 Å². The summed E-state index contributed by atoms with van der Waals surface area (Å²) in [5.74, 6) is 2.44. The Morgan fingerprint density at radius 1 is 1.40 bits per heavy atom. The lowest BCUT2D eigenvalue weighted by atomic mass is 10.4. The van der Waals surface area contributed by atoms with E-state index in [4.69, 9.17) is 4.42 Å². The third-order valence-electron chi connectivity index (χ3n) is 2.64. The lowest BCUT2D eigenvalue weighted by Gasteiger charge is -2.10. The number of hydrogen-bond acceptors (Lipinski definition) is 4. The predicted octanol–water partition coefficient (Wildman–Crippen LogP) is 1.37. The van der Waals surface area contributed by atoms with E-state index in [1.165, 1.54) is 0 Å². The Hall–Kier alpha value is -1.58. The molecule has 2 heterocycles. The summed E-state index contributed by atoms with van der Waals surface area (Å²) in [5, 5.41) is 10.5. The summed E-state index contributed by atoms with van der Waals surface area (Å²) in [4.78, 5) is 8.33. The zero-order valence-electron chi connectivity index (χ0n) is 11.5. The maximum atomic E-state index is 5.24. The van der Waals surface area contributed by atoms with Gasteiger partial charge in [0.25, 0.3) is 0 Å². The SMILES string of the molecule is CCn1ncnc1CNC(=NC)NCc1ccco1.I. The molecule has 0 fully saturated rings. The van der Waals surface area contributed by atoms with Gasteiger partial charge in [0.1, 0.15) is 17.9 Å². The van der Waals surface area contributed by atoms with Crippen molar-refractivity contribution in [3.8, 4) is 0 Å². The predicted molar refractivity (Wildman–Crippen MR) is 86.9 cm³/mol. The van der Waals surface area contributed by atoms with E-state index in [1.54, 1.807) is 19.6 Å².